The molecular weight excluding hydrogens is 304 g/mol. The van der Waals surface area contributed by atoms with Gasteiger partial charge in [0.1, 0.15) is 22.5 Å². The monoisotopic (exact) mass is 324 g/mol. The number of Topliss-reactive ketones (excluding diaryl/α,β-unsaturated/α-hetero) is 1. The van der Waals surface area contributed by atoms with Gasteiger partial charge in [-0.2, -0.15) is 0 Å². The largest absolute Gasteiger partial charge is 0.487 e. The van der Waals surface area contributed by atoms with Gasteiger partial charge in [-0.05, 0) is 44.9 Å². The first-order valence-electron chi connectivity index (χ1n) is 7.27. The van der Waals surface area contributed by atoms with E-state index in [0.717, 1.165) is 0 Å². The molecule has 0 bridgehead atoms. The molecular formula is C17H21ClO4. The smallest absolute Gasteiger partial charge is 0.316 e. The topological polar surface area (TPSA) is 52.6 Å². The molecule has 1 aliphatic carbocycles. The van der Waals surface area contributed by atoms with Gasteiger partial charge >= 0.3 is 5.97 Å². The van der Waals surface area contributed by atoms with Crippen LogP contribution in [0.15, 0.2) is 18.2 Å². The standard InChI is InChI=1S/C17H21ClO4/c1-16(2,3)22-14-6-5-11(9-13(14)18)17(15(20)21-4)8-7-12(19)10-17/h5-6,9H,7-8,10H2,1-4H3. The van der Waals surface area contributed by atoms with Gasteiger partial charge in [0.15, 0.2) is 0 Å². The third kappa shape index (κ3) is 3.27. The van der Waals surface area contributed by atoms with E-state index in [-0.39, 0.29) is 23.8 Å². The number of carbonyl (C=O) groups excluding carboxylic acids is 2. The van der Waals surface area contributed by atoms with Gasteiger partial charge in [0, 0.05) is 12.8 Å². The van der Waals surface area contributed by atoms with Crippen molar-refractivity contribution in [3.63, 3.8) is 0 Å². The van der Waals surface area contributed by atoms with Crippen LogP contribution in [0.5, 0.6) is 5.75 Å². The predicted molar refractivity (Wildman–Crippen MR) is 84.4 cm³/mol. The van der Waals surface area contributed by atoms with Gasteiger partial charge in [-0.1, -0.05) is 17.7 Å². The number of hydrogen-bond acceptors (Lipinski definition) is 4. The van der Waals surface area contributed by atoms with E-state index in [1.54, 1.807) is 18.2 Å². The lowest BCUT2D eigenvalue weighted by Crippen LogP contribution is -2.34. The molecule has 0 spiro atoms. The molecule has 0 radical (unpaired) electrons. The van der Waals surface area contributed by atoms with Crippen LogP contribution in [-0.4, -0.2) is 24.5 Å². The average molecular weight is 325 g/mol. The zero-order valence-corrected chi connectivity index (χ0v) is 14.1. The van der Waals surface area contributed by atoms with Crippen molar-refractivity contribution in [2.75, 3.05) is 7.11 Å². The van der Waals surface area contributed by atoms with E-state index in [0.29, 0.717) is 29.2 Å². The average Bonchev–Trinajstić information content (AvgIpc) is 2.82. The number of ether oxygens (including phenoxy) is 2. The molecule has 0 aromatic heterocycles. The molecule has 0 amide bonds. The van der Waals surface area contributed by atoms with E-state index in [1.165, 1.54) is 7.11 Å². The van der Waals surface area contributed by atoms with Gasteiger partial charge in [0.25, 0.3) is 0 Å². The van der Waals surface area contributed by atoms with Crippen molar-refractivity contribution in [1.29, 1.82) is 0 Å². The first-order chi connectivity index (χ1) is 10.2. The van der Waals surface area contributed by atoms with E-state index >= 15 is 0 Å². The Hall–Kier alpha value is -1.55. The molecule has 1 aromatic carbocycles. The fourth-order valence-electron chi connectivity index (χ4n) is 2.81. The summed E-state index contributed by atoms with van der Waals surface area (Å²) >= 11 is 6.30. The Morgan fingerprint density at radius 3 is 2.45 bits per heavy atom. The molecule has 1 fully saturated rings. The SMILES string of the molecule is COC(=O)C1(c2ccc(OC(C)(C)C)c(Cl)c2)CCC(=O)C1. The Balaban J connectivity index is 2.40. The van der Waals surface area contributed by atoms with Crippen LogP contribution in [0.2, 0.25) is 5.02 Å². The molecule has 1 aliphatic rings. The quantitative estimate of drug-likeness (QED) is 0.796. The van der Waals surface area contributed by atoms with Crippen LogP contribution in [0, 0.1) is 0 Å². The van der Waals surface area contributed by atoms with E-state index in [1.807, 2.05) is 20.8 Å². The Kier molecular flexibility index (Phi) is 4.52. The summed E-state index contributed by atoms with van der Waals surface area (Å²) in [5, 5.41) is 0.426. The number of carbonyl (C=O) groups is 2. The Bertz CT molecular complexity index is 603. The van der Waals surface area contributed by atoms with Crippen LogP contribution < -0.4 is 4.74 Å². The summed E-state index contributed by atoms with van der Waals surface area (Å²) in [4.78, 5) is 24.0. The second-order valence-corrected chi connectivity index (χ2v) is 7.06. The maximum absolute atomic E-state index is 12.3. The minimum atomic E-state index is -0.921. The molecule has 1 saturated carbocycles. The first kappa shape index (κ1) is 16.8. The predicted octanol–water partition coefficient (Wildman–Crippen LogP) is 3.68. The molecule has 0 N–H and O–H groups in total. The fourth-order valence-corrected chi connectivity index (χ4v) is 3.03. The van der Waals surface area contributed by atoms with Gasteiger partial charge in [-0.3, -0.25) is 9.59 Å². The van der Waals surface area contributed by atoms with Gasteiger partial charge < -0.3 is 9.47 Å². The van der Waals surface area contributed by atoms with Crippen LogP contribution >= 0.6 is 11.6 Å². The number of ketones is 1. The minimum absolute atomic E-state index is 0.0662. The fraction of sp³-hybridized carbons (Fsp3) is 0.529. The van der Waals surface area contributed by atoms with E-state index in [4.69, 9.17) is 21.1 Å². The zero-order valence-electron chi connectivity index (χ0n) is 13.4. The molecule has 22 heavy (non-hydrogen) atoms. The number of benzene rings is 1. The molecule has 0 heterocycles. The summed E-state index contributed by atoms with van der Waals surface area (Å²) < 4.78 is 10.7. The number of halogens is 1. The zero-order chi connectivity index (χ0) is 16.5. The van der Waals surface area contributed by atoms with E-state index in [2.05, 4.69) is 0 Å². The summed E-state index contributed by atoms with van der Waals surface area (Å²) in [5.41, 5.74) is -0.582. The Morgan fingerprint density at radius 1 is 1.32 bits per heavy atom. The molecule has 1 aromatic rings. The van der Waals surface area contributed by atoms with E-state index < -0.39 is 5.41 Å². The highest BCUT2D eigenvalue weighted by atomic mass is 35.5. The molecule has 1 unspecified atom stereocenters. The highest BCUT2D eigenvalue weighted by Gasteiger charge is 2.47. The lowest BCUT2D eigenvalue weighted by atomic mass is 9.79. The number of methoxy groups -OCH3 is 1. The van der Waals surface area contributed by atoms with Gasteiger partial charge in [-0.15, -0.1) is 0 Å². The van der Waals surface area contributed by atoms with Crippen LogP contribution in [0.3, 0.4) is 0 Å². The van der Waals surface area contributed by atoms with Crippen molar-refractivity contribution in [3.8, 4) is 5.75 Å². The van der Waals surface area contributed by atoms with Crippen LogP contribution in [0.1, 0.15) is 45.6 Å². The van der Waals surface area contributed by atoms with Crippen molar-refractivity contribution in [2.24, 2.45) is 0 Å². The number of hydrogen-bond donors (Lipinski definition) is 0. The second kappa shape index (κ2) is 5.92. The van der Waals surface area contributed by atoms with Gasteiger partial charge in [0.05, 0.1) is 12.1 Å². The number of rotatable bonds is 3. The summed E-state index contributed by atoms with van der Waals surface area (Å²) in [5.74, 6) is 0.234. The third-order valence-corrected chi connectivity index (χ3v) is 4.10. The molecule has 4 nitrogen and oxygen atoms in total. The lowest BCUT2D eigenvalue weighted by molar-refractivity contribution is -0.148. The Morgan fingerprint density at radius 2 is 2.00 bits per heavy atom. The summed E-state index contributed by atoms with van der Waals surface area (Å²) in [6, 6.07) is 5.25. The van der Waals surface area contributed by atoms with Gasteiger partial charge in [0.2, 0.25) is 0 Å². The second-order valence-electron chi connectivity index (χ2n) is 6.65. The van der Waals surface area contributed by atoms with Crippen LogP contribution in [0.25, 0.3) is 0 Å². The summed E-state index contributed by atoms with van der Waals surface area (Å²) in [6.07, 6.45) is 0.997. The minimum Gasteiger partial charge on any atom is -0.487 e. The maximum atomic E-state index is 12.3. The van der Waals surface area contributed by atoms with Crippen LogP contribution in [-0.2, 0) is 19.7 Å². The molecule has 0 saturated heterocycles. The van der Waals surface area contributed by atoms with Crippen molar-refractivity contribution < 1.29 is 19.1 Å². The highest BCUT2D eigenvalue weighted by molar-refractivity contribution is 6.32. The Labute approximate surface area is 135 Å². The lowest BCUT2D eigenvalue weighted by Gasteiger charge is -2.27. The van der Waals surface area contributed by atoms with E-state index in [9.17, 15) is 9.59 Å². The van der Waals surface area contributed by atoms with Crippen LogP contribution in [0.4, 0.5) is 0 Å². The number of esters is 1. The molecule has 5 heteroatoms. The normalized spacial score (nSPS) is 21.8. The maximum Gasteiger partial charge on any atom is 0.316 e. The van der Waals surface area contributed by atoms with Crippen molar-refractivity contribution >= 4 is 23.4 Å². The van der Waals surface area contributed by atoms with Crippen molar-refractivity contribution in [2.45, 2.75) is 51.0 Å². The summed E-state index contributed by atoms with van der Waals surface area (Å²) in [6.45, 7) is 5.80. The molecule has 120 valence electrons. The molecule has 1 atom stereocenters. The summed E-state index contributed by atoms with van der Waals surface area (Å²) in [7, 11) is 1.34. The third-order valence-electron chi connectivity index (χ3n) is 3.81. The van der Waals surface area contributed by atoms with Gasteiger partial charge in [-0.25, -0.2) is 0 Å². The first-order valence-corrected chi connectivity index (χ1v) is 7.65. The van der Waals surface area contributed by atoms with Crippen molar-refractivity contribution in [1.82, 2.24) is 0 Å². The molecule has 2 rings (SSSR count). The molecule has 0 aliphatic heterocycles. The van der Waals surface area contributed by atoms with Crippen molar-refractivity contribution in [3.05, 3.63) is 28.8 Å². The highest BCUT2D eigenvalue weighted by Crippen LogP contribution is 2.42.